The van der Waals surface area contributed by atoms with Gasteiger partial charge in [-0.3, -0.25) is 0 Å². The molecule has 0 radical (unpaired) electrons. The van der Waals surface area contributed by atoms with Crippen molar-refractivity contribution in [3.05, 3.63) is 51.4 Å². The number of quaternary nitrogens is 1. The first kappa shape index (κ1) is 18.4. The smallest absolute Gasteiger partial charge is 0.203 e. The van der Waals surface area contributed by atoms with Gasteiger partial charge in [-0.1, -0.05) is 6.07 Å². The fourth-order valence-corrected chi connectivity index (χ4v) is 5.15. The number of likely N-dealkylation sites (tertiary alicyclic amines) is 1. The second-order valence-electron chi connectivity index (χ2n) is 6.86. The summed E-state index contributed by atoms with van der Waals surface area (Å²) in [5, 5.41) is 7.07. The molecule has 3 heterocycles. The van der Waals surface area contributed by atoms with E-state index in [0.717, 1.165) is 35.1 Å². The highest BCUT2D eigenvalue weighted by Gasteiger charge is 2.31. The van der Waals surface area contributed by atoms with Gasteiger partial charge < -0.3 is 14.2 Å². The molecule has 0 amide bonds. The molecule has 2 atom stereocenters. The third-order valence-electron chi connectivity index (χ3n) is 5.31. The number of hydrogen-bond donors (Lipinski definition) is 1. The van der Waals surface area contributed by atoms with Crippen LogP contribution in [0, 0.1) is 4.77 Å². The van der Waals surface area contributed by atoms with Crippen molar-refractivity contribution in [2.24, 2.45) is 0 Å². The maximum Gasteiger partial charge on any atom is 0.203 e. The fraction of sp³-hybridized carbons (Fsp3) is 0.400. The Morgan fingerprint density at radius 1 is 1.30 bits per heavy atom. The van der Waals surface area contributed by atoms with Crippen molar-refractivity contribution in [3.63, 3.8) is 0 Å². The zero-order chi connectivity index (χ0) is 18.8. The largest absolute Gasteiger partial charge is 0.497 e. The van der Waals surface area contributed by atoms with E-state index in [9.17, 15) is 0 Å². The maximum atomic E-state index is 5.76. The van der Waals surface area contributed by atoms with Crippen LogP contribution in [-0.2, 0) is 13.2 Å². The molecule has 1 aliphatic heterocycles. The van der Waals surface area contributed by atoms with Gasteiger partial charge in [0.2, 0.25) is 4.77 Å². The summed E-state index contributed by atoms with van der Waals surface area (Å²) in [5.74, 6) is 1.77. The van der Waals surface area contributed by atoms with Crippen LogP contribution in [0.5, 0.6) is 5.75 Å². The Morgan fingerprint density at radius 2 is 2.11 bits per heavy atom. The van der Waals surface area contributed by atoms with E-state index in [-0.39, 0.29) is 0 Å². The quantitative estimate of drug-likeness (QED) is 0.642. The monoisotopic (exact) mass is 401 g/mol. The Morgan fingerprint density at radius 3 is 2.78 bits per heavy atom. The SMILES string of the molecule is CCn1c(-c2ccc(OC)cc2)nn(C[NH+]2CCC[C@H]2c2cccs2)c1=S. The van der Waals surface area contributed by atoms with Crippen molar-refractivity contribution in [3.8, 4) is 17.1 Å². The van der Waals surface area contributed by atoms with Crippen LogP contribution in [0.25, 0.3) is 11.4 Å². The van der Waals surface area contributed by atoms with Gasteiger partial charge in [-0.15, -0.1) is 16.4 Å². The molecule has 1 saturated heterocycles. The summed E-state index contributed by atoms with van der Waals surface area (Å²) in [6.07, 6.45) is 2.49. The lowest BCUT2D eigenvalue weighted by Crippen LogP contribution is -3.09. The van der Waals surface area contributed by atoms with Crippen molar-refractivity contribution in [2.45, 2.75) is 39.0 Å². The molecule has 0 spiro atoms. The molecule has 1 fully saturated rings. The number of hydrogen-bond acceptors (Lipinski definition) is 4. The standard InChI is InChI=1S/C20H24N4OS2/c1-3-23-19(15-8-10-16(25-2)11-9-15)21-24(20(23)26)14-22-12-4-6-17(22)18-7-5-13-27-18/h5,7-11,13,17H,3-4,6,12,14H2,1-2H3/p+1/t17-/m0/s1. The Hall–Kier alpha value is -1.96. The third kappa shape index (κ3) is 3.59. The number of ether oxygens (including phenoxy) is 1. The molecule has 2 aromatic heterocycles. The molecule has 3 aromatic rings. The second-order valence-corrected chi connectivity index (χ2v) is 8.20. The fourth-order valence-electron chi connectivity index (χ4n) is 3.91. The number of thiophene rings is 1. The van der Waals surface area contributed by atoms with Gasteiger partial charge in [-0.2, -0.15) is 4.68 Å². The third-order valence-corrected chi connectivity index (χ3v) is 6.73. The van der Waals surface area contributed by atoms with Crippen LogP contribution >= 0.6 is 23.6 Å². The minimum absolute atomic E-state index is 0.558. The van der Waals surface area contributed by atoms with Crippen molar-refractivity contribution >= 4 is 23.6 Å². The van der Waals surface area contributed by atoms with E-state index in [1.165, 1.54) is 24.3 Å². The molecule has 142 valence electrons. The molecular formula is C20H25N4OS2+. The van der Waals surface area contributed by atoms with Gasteiger partial charge in [0, 0.05) is 24.9 Å². The molecule has 7 heteroatoms. The van der Waals surface area contributed by atoms with Crippen LogP contribution in [-0.4, -0.2) is 28.0 Å². The highest BCUT2D eigenvalue weighted by molar-refractivity contribution is 7.71. The number of aromatic nitrogens is 3. The van der Waals surface area contributed by atoms with E-state index in [2.05, 4.69) is 29.0 Å². The van der Waals surface area contributed by atoms with Gasteiger partial charge in [-0.05, 0) is 54.9 Å². The zero-order valence-corrected chi connectivity index (χ0v) is 17.4. The van der Waals surface area contributed by atoms with Gasteiger partial charge in [0.05, 0.1) is 18.5 Å². The Kier molecular flexibility index (Phi) is 5.43. The summed E-state index contributed by atoms with van der Waals surface area (Å²) < 4.78 is 10.2. The predicted molar refractivity (Wildman–Crippen MR) is 111 cm³/mol. The molecule has 0 saturated carbocycles. The van der Waals surface area contributed by atoms with Crippen LogP contribution in [0.1, 0.15) is 30.7 Å². The van der Waals surface area contributed by atoms with E-state index < -0.39 is 0 Å². The molecule has 1 aromatic carbocycles. The van der Waals surface area contributed by atoms with Crippen molar-refractivity contribution in [1.29, 1.82) is 0 Å². The Balaban J connectivity index is 1.63. The van der Waals surface area contributed by atoms with E-state index in [4.69, 9.17) is 22.1 Å². The minimum atomic E-state index is 0.558. The van der Waals surface area contributed by atoms with Crippen molar-refractivity contribution < 1.29 is 9.64 Å². The van der Waals surface area contributed by atoms with E-state index >= 15 is 0 Å². The van der Waals surface area contributed by atoms with Crippen LogP contribution in [0.3, 0.4) is 0 Å². The van der Waals surface area contributed by atoms with E-state index in [0.29, 0.717) is 6.04 Å². The molecule has 4 rings (SSSR count). The average Bonchev–Trinajstić information content (AvgIpc) is 3.43. The summed E-state index contributed by atoms with van der Waals surface area (Å²) >= 11 is 7.62. The molecule has 1 aliphatic rings. The van der Waals surface area contributed by atoms with Crippen LogP contribution < -0.4 is 9.64 Å². The van der Waals surface area contributed by atoms with Crippen molar-refractivity contribution in [1.82, 2.24) is 14.3 Å². The van der Waals surface area contributed by atoms with Gasteiger partial charge in [-0.25, -0.2) is 0 Å². The first-order chi connectivity index (χ1) is 13.2. The lowest BCUT2D eigenvalue weighted by atomic mass is 10.2. The normalized spacial score (nSPS) is 19.5. The van der Waals surface area contributed by atoms with Gasteiger partial charge in [0.1, 0.15) is 11.8 Å². The number of rotatable bonds is 6. The van der Waals surface area contributed by atoms with Gasteiger partial charge >= 0.3 is 0 Å². The van der Waals surface area contributed by atoms with Gasteiger partial charge in [0.15, 0.2) is 12.5 Å². The number of nitrogens with zero attached hydrogens (tertiary/aromatic N) is 3. The molecule has 0 aliphatic carbocycles. The molecule has 1 N–H and O–H groups in total. The zero-order valence-electron chi connectivity index (χ0n) is 15.7. The molecular weight excluding hydrogens is 376 g/mol. The highest BCUT2D eigenvalue weighted by Crippen LogP contribution is 2.24. The molecule has 1 unspecified atom stereocenters. The van der Waals surface area contributed by atoms with Crippen LogP contribution in [0.2, 0.25) is 0 Å². The van der Waals surface area contributed by atoms with Gasteiger partial charge in [0.25, 0.3) is 0 Å². The summed E-state index contributed by atoms with van der Waals surface area (Å²) in [7, 11) is 1.68. The molecule has 5 nitrogen and oxygen atoms in total. The second kappa shape index (κ2) is 7.96. The lowest BCUT2D eigenvalue weighted by molar-refractivity contribution is -0.941. The number of methoxy groups -OCH3 is 1. The summed E-state index contributed by atoms with van der Waals surface area (Å²) in [6.45, 7) is 4.91. The summed E-state index contributed by atoms with van der Waals surface area (Å²) in [6, 6.07) is 13.0. The first-order valence-electron chi connectivity index (χ1n) is 9.41. The number of benzene rings is 1. The number of nitrogens with one attached hydrogen (secondary N) is 1. The topological polar surface area (TPSA) is 36.4 Å². The Bertz CT molecular complexity index is 944. The Labute approximate surface area is 168 Å². The first-order valence-corrected chi connectivity index (χ1v) is 10.7. The lowest BCUT2D eigenvalue weighted by Gasteiger charge is -2.20. The maximum absolute atomic E-state index is 5.76. The van der Waals surface area contributed by atoms with Crippen LogP contribution in [0.4, 0.5) is 0 Å². The van der Waals surface area contributed by atoms with E-state index in [1.807, 2.05) is 40.3 Å². The molecule has 0 bridgehead atoms. The summed E-state index contributed by atoms with van der Waals surface area (Å²) in [5.41, 5.74) is 1.06. The average molecular weight is 402 g/mol. The molecule has 27 heavy (non-hydrogen) atoms. The highest BCUT2D eigenvalue weighted by atomic mass is 32.1. The minimum Gasteiger partial charge on any atom is -0.497 e. The van der Waals surface area contributed by atoms with Crippen LogP contribution in [0.15, 0.2) is 41.8 Å². The van der Waals surface area contributed by atoms with Crippen molar-refractivity contribution in [2.75, 3.05) is 13.7 Å². The van der Waals surface area contributed by atoms with E-state index in [1.54, 1.807) is 12.0 Å². The summed E-state index contributed by atoms with van der Waals surface area (Å²) in [4.78, 5) is 3.02. The predicted octanol–water partition coefficient (Wildman–Crippen LogP) is 3.55.